The van der Waals surface area contributed by atoms with E-state index >= 15 is 0 Å². The molecule has 0 aromatic carbocycles. The van der Waals surface area contributed by atoms with Crippen molar-refractivity contribution in [1.29, 1.82) is 0 Å². The van der Waals surface area contributed by atoms with Crippen LogP contribution >= 0.6 is 11.6 Å². The Morgan fingerprint density at radius 3 is 2.83 bits per heavy atom. The molecular formula is C8H6ClN3. The van der Waals surface area contributed by atoms with Crippen molar-refractivity contribution < 1.29 is 0 Å². The van der Waals surface area contributed by atoms with Gasteiger partial charge in [0.2, 0.25) is 0 Å². The summed E-state index contributed by atoms with van der Waals surface area (Å²) in [5.74, 6) is 0. The van der Waals surface area contributed by atoms with Gasteiger partial charge in [0.15, 0.2) is 0 Å². The molecule has 1 N–H and O–H groups in total. The van der Waals surface area contributed by atoms with E-state index in [9.17, 15) is 0 Å². The van der Waals surface area contributed by atoms with Gasteiger partial charge in [0, 0.05) is 12.4 Å². The van der Waals surface area contributed by atoms with Crippen LogP contribution in [0.1, 0.15) is 0 Å². The third-order valence-corrected chi connectivity index (χ3v) is 1.82. The predicted molar refractivity (Wildman–Crippen MR) is 46.8 cm³/mol. The molecular weight excluding hydrogens is 174 g/mol. The first-order valence-electron chi connectivity index (χ1n) is 3.48. The summed E-state index contributed by atoms with van der Waals surface area (Å²) in [5, 5.41) is 7.24. The number of hydrogen-bond donors (Lipinski definition) is 1. The quantitative estimate of drug-likeness (QED) is 0.729. The topological polar surface area (TPSA) is 41.6 Å². The molecule has 0 fully saturated rings. The van der Waals surface area contributed by atoms with Crippen LogP contribution in [0, 0.1) is 0 Å². The van der Waals surface area contributed by atoms with Crippen LogP contribution in [-0.4, -0.2) is 15.2 Å². The average molecular weight is 180 g/mol. The van der Waals surface area contributed by atoms with Gasteiger partial charge in [-0.05, 0) is 18.2 Å². The lowest BCUT2D eigenvalue weighted by Gasteiger charge is -1.97. The van der Waals surface area contributed by atoms with Gasteiger partial charge in [-0.15, -0.1) is 0 Å². The molecule has 4 heteroatoms. The van der Waals surface area contributed by atoms with Crippen LogP contribution in [0.25, 0.3) is 11.4 Å². The Morgan fingerprint density at radius 1 is 1.25 bits per heavy atom. The van der Waals surface area contributed by atoms with Crippen LogP contribution in [-0.2, 0) is 0 Å². The summed E-state index contributed by atoms with van der Waals surface area (Å²) in [4.78, 5) is 4.12. The highest BCUT2D eigenvalue weighted by Crippen LogP contribution is 2.22. The van der Waals surface area contributed by atoms with Crippen molar-refractivity contribution >= 4 is 11.6 Å². The van der Waals surface area contributed by atoms with E-state index in [1.54, 1.807) is 24.5 Å². The van der Waals surface area contributed by atoms with E-state index in [1.165, 1.54) is 0 Å². The second-order valence-electron chi connectivity index (χ2n) is 2.30. The Morgan fingerprint density at radius 2 is 2.17 bits per heavy atom. The van der Waals surface area contributed by atoms with Crippen LogP contribution in [0.15, 0.2) is 30.6 Å². The lowest BCUT2D eigenvalue weighted by atomic mass is 10.3. The molecule has 0 saturated heterocycles. The third kappa shape index (κ3) is 1.19. The van der Waals surface area contributed by atoms with Gasteiger partial charge in [0.25, 0.3) is 0 Å². The van der Waals surface area contributed by atoms with Gasteiger partial charge in [-0.2, -0.15) is 5.10 Å². The molecule has 0 aliphatic heterocycles. The highest BCUT2D eigenvalue weighted by molar-refractivity contribution is 6.32. The normalized spacial score (nSPS) is 10.1. The fourth-order valence-corrected chi connectivity index (χ4v) is 1.19. The van der Waals surface area contributed by atoms with Crippen molar-refractivity contribution in [3.8, 4) is 11.4 Å². The van der Waals surface area contributed by atoms with Gasteiger partial charge in [0.1, 0.15) is 5.69 Å². The standard InChI is InChI=1S/C8H6ClN3/c9-6-2-1-4-10-8(6)7-3-5-11-12-7/h1-5H,(H,11,12). The minimum atomic E-state index is 0.627. The summed E-state index contributed by atoms with van der Waals surface area (Å²) in [6.45, 7) is 0. The molecule has 2 rings (SSSR count). The Bertz CT molecular complexity index is 370. The summed E-state index contributed by atoms with van der Waals surface area (Å²) < 4.78 is 0. The van der Waals surface area contributed by atoms with Crippen molar-refractivity contribution in [2.24, 2.45) is 0 Å². The highest BCUT2D eigenvalue weighted by Gasteiger charge is 2.03. The van der Waals surface area contributed by atoms with Crippen molar-refractivity contribution in [3.63, 3.8) is 0 Å². The third-order valence-electron chi connectivity index (χ3n) is 1.51. The molecule has 0 spiro atoms. The van der Waals surface area contributed by atoms with E-state index in [4.69, 9.17) is 11.6 Å². The highest BCUT2D eigenvalue weighted by atomic mass is 35.5. The smallest absolute Gasteiger partial charge is 0.107 e. The Balaban J connectivity index is 2.55. The number of H-pyrrole nitrogens is 1. The van der Waals surface area contributed by atoms with E-state index in [1.807, 2.05) is 6.07 Å². The number of nitrogens with zero attached hydrogens (tertiary/aromatic N) is 2. The first kappa shape index (κ1) is 7.31. The maximum Gasteiger partial charge on any atom is 0.107 e. The van der Waals surface area contributed by atoms with Gasteiger partial charge < -0.3 is 0 Å². The monoisotopic (exact) mass is 179 g/mol. The van der Waals surface area contributed by atoms with Gasteiger partial charge >= 0.3 is 0 Å². The van der Waals surface area contributed by atoms with Crippen LogP contribution in [0.4, 0.5) is 0 Å². The van der Waals surface area contributed by atoms with Gasteiger partial charge in [-0.1, -0.05) is 11.6 Å². The first-order valence-corrected chi connectivity index (χ1v) is 3.86. The van der Waals surface area contributed by atoms with E-state index in [-0.39, 0.29) is 0 Å². The van der Waals surface area contributed by atoms with E-state index in [0.29, 0.717) is 5.02 Å². The summed E-state index contributed by atoms with van der Waals surface area (Å²) in [6.07, 6.45) is 3.36. The predicted octanol–water partition coefficient (Wildman–Crippen LogP) is 2.13. The Hall–Kier alpha value is -1.35. The molecule has 0 aliphatic carbocycles. The number of nitrogens with one attached hydrogen (secondary N) is 1. The first-order chi connectivity index (χ1) is 5.88. The lowest BCUT2D eigenvalue weighted by molar-refractivity contribution is 1.09. The molecule has 12 heavy (non-hydrogen) atoms. The Labute approximate surface area is 74.4 Å². The number of aromatic amines is 1. The minimum Gasteiger partial charge on any atom is -0.276 e. The molecule has 0 saturated carbocycles. The Kier molecular flexibility index (Phi) is 1.80. The van der Waals surface area contributed by atoms with Crippen LogP contribution in [0.2, 0.25) is 5.02 Å². The molecule has 0 atom stereocenters. The molecule has 2 heterocycles. The molecule has 2 aromatic heterocycles. The second kappa shape index (κ2) is 2.95. The largest absolute Gasteiger partial charge is 0.276 e. The summed E-state index contributed by atoms with van der Waals surface area (Å²) in [5.41, 5.74) is 1.57. The molecule has 60 valence electrons. The molecule has 3 nitrogen and oxygen atoms in total. The zero-order valence-corrected chi connectivity index (χ0v) is 6.92. The van der Waals surface area contributed by atoms with Crippen molar-refractivity contribution in [3.05, 3.63) is 35.6 Å². The maximum absolute atomic E-state index is 5.91. The number of hydrogen-bond acceptors (Lipinski definition) is 2. The zero-order chi connectivity index (χ0) is 8.39. The van der Waals surface area contributed by atoms with Gasteiger partial charge in [0.05, 0.1) is 10.7 Å². The van der Waals surface area contributed by atoms with E-state index in [0.717, 1.165) is 11.4 Å². The van der Waals surface area contributed by atoms with E-state index in [2.05, 4.69) is 15.2 Å². The molecule has 0 radical (unpaired) electrons. The van der Waals surface area contributed by atoms with Crippen molar-refractivity contribution in [2.45, 2.75) is 0 Å². The molecule has 0 amide bonds. The fraction of sp³-hybridized carbons (Fsp3) is 0. The summed E-state index contributed by atoms with van der Waals surface area (Å²) in [6, 6.07) is 5.42. The molecule has 0 aliphatic rings. The van der Waals surface area contributed by atoms with Gasteiger partial charge in [-0.3, -0.25) is 10.1 Å². The number of halogens is 1. The number of aromatic nitrogens is 3. The molecule has 0 bridgehead atoms. The van der Waals surface area contributed by atoms with Gasteiger partial charge in [-0.25, -0.2) is 0 Å². The van der Waals surface area contributed by atoms with Crippen LogP contribution in [0.5, 0.6) is 0 Å². The average Bonchev–Trinajstić information content (AvgIpc) is 2.57. The van der Waals surface area contributed by atoms with Crippen molar-refractivity contribution in [2.75, 3.05) is 0 Å². The number of pyridine rings is 1. The fourth-order valence-electron chi connectivity index (χ4n) is 0.972. The van der Waals surface area contributed by atoms with Crippen LogP contribution in [0.3, 0.4) is 0 Å². The molecule has 0 unspecified atom stereocenters. The van der Waals surface area contributed by atoms with Crippen molar-refractivity contribution in [1.82, 2.24) is 15.2 Å². The zero-order valence-electron chi connectivity index (χ0n) is 6.16. The molecule has 2 aromatic rings. The second-order valence-corrected chi connectivity index (χ2v) is 2.71. The SMILES string of the molecule is Clc1cccnc1-c1ccn[nH]1. The maximum atomic E-state index is 5.91. The van der Waals surface area contributed by atoms with E-state index < -0.39 is 0 Å². The number of rotatable bonds is 1. The van der Waals surface area contributed by atoms with Crippen LogP contribution < -0.4 is 0 Å². The summed E-state index contributed by atoms with van der Waals surface area (Å²) in [7, 11) is 0. The lowest BCUT2D eigenvalue weighted by Crippen LogP contribution is -1.83. The minimum absolute atomic E-state index is 0.627. The summed E-state index contributed by atoms with van der Waals surface area (Å²) >= 11 is 5.91.